The number of carbonyl (C=O) groups is 2. The molecule has 0 amide bonds. The molecule has 0 bridgehead atoms. The van der Waals surface area contributed by atoms with E-state index in [4.69, 9.17) is 0 Å². The first-order valence-corrected chi connectivity index (χ1v) is 3.57. The van der Waals surface area contributed by atoms with E-state index in [1.807, 2.05) is 0 Å². The number of hydrogen-bond donors (Lipinski definition) is 1. The summed E-state index contributed by atoms with van der Waals surface area (Å²) < 4.78 is 0. The van der Waals surface area contributed by atoms with Crippen LogP contribution in [0.1, 0.15) is 0 Å². The van der Waals surface area contributed by atoms with Crippen molar-refractivity contribution < 1.29 is 9.59 Å². The third-order valence-corrected chi connectivity index (χ3v) is 1.42. The molecule has 1 aliphatic rings. The van der Waals surface area contributed by atoms with E-state index in [1.165, 1.54) is 6.08 Å². The third kappa shape index (κ3) is 1.69. The summed E-state index contributed by atoms with van der Waals surface area (Å²) in [5.41, 5.74) is 0.336. The van der Waals surface area contributed by atoms with Crippen molar-refractivity contribution in [1.82, 2.24) is 5.32 Å². The van der Waals surface area contributed by atoms with Crippen molar-refractivity contribution >= 4 is 11.6 Å². The molecule has 0 heterocycles. The predicted molar refractivity (Wildman–Crippen MR) is 45.4 cm³/mol. The lowest BCUT2D eigenvalue weighted by Crippen LogP contribution is -2.27. The van der Waals surface area contributed by atoms with Gasteiger partial charge in [0.25, 0.3) is 0 Å². The second-order valence-electron chi connectivity index (χ2n) is 2.30. The first-order chi connectivity index (χ1) is 5.75. The molecule has 0 saturated carbocycles. The van der Waals surface area contributed by atoms with Crippen LogP contribution in [0, 0.1) is 0 Å². The molecule has 0 spiro atoms. The van der Waals surface area contributed by atoms with Gasteiger partial charge in [-0.3, -0.25) is 9.59 Å². The molecule has 1 rings (SSSR count). The summed E-state index contributed by atoms with van der Waals surface area (Å²) >= 11 is 0. The summed E-state index contributed by atoms with van der Waals surface area (Å²) in [4.78, 5) is 21.9. The standard InChI is InChI=1S/C9H9NO2/c1-2-6-10-7-4-3-5-8(11)9(7)12/h2-5,10H,1,6H2. The SMILES string of the molecule is C=CCNC1=CC=CC(=O)C1=O. The first-order valence-electron chi connectivity index (χ1n) is 3.57. The van der Waals surface area contributed by atoms with Crippen LogP contribution in [-0.2, 0) is 9.59 Å². The number of Topliss-reactive ketones (excluding diaryl/α,β-unsaturated/α-hetero) is 1. The van der Waals surface area contributed by atoms with Gasteiger partial charge < -0.3 is 5.32 Å². The van der Waals surface area contributed by atoms with Gasteiger partial charge in [-0.05, 0) is 12.2 Å². The highest BCUT2D eigenvalue weighted by Gasteiger charge is 2.17. The van der Waals surface area contributed by atoms with Crippen molar-refractivity contribution in [2.75, 3.05) is 6.54 Å². The van der Waals surface area contributed by atoms with Crippen molar-refractivity contribution in [3.05, 3.63) is 36.6 Å². The molecule has 0 aliphatic heterocycles. The zero-order chi connectivity index (χ0) is 8.97. The van der Waals surface area contributed by atoms with Gasteiger partial charge in [0.05, 0.1) is 5.70 Å². The molecule has 0 aromatic rings. The molecule has 3 nitrogen and oxygen atoms in total. The monoisotopic (exact) mass is 163 g/mol. The summed E-state index contributed by atoms with van der Waals surface area (Å²) in [5.74, 6) is -0.969. The molecule has 0 aromatic heterocycles. The van der Waals surface area contributed by atoms with Gasteiger partial charge >= 0.3 is 0 Å². The largest absolute Gasteiger partial charge is 0.378 e. The molecule has 62 valence electrons. The van der Waals surface area contributed by atoms with Gasteiger partial charge in [-0.25, -0.2) is 0 Å². The second kappa shape index (κ2) is 3.67. The van der Waals surface area contributed by atoms with Crippen LogP contribution in [0.4, 0.5) is 0 Å². The van der Waals surface area contributed by atoms with Crippen LogP contribution >= 0.6 is 0 Å². The maximum absolute atomic E-state index is 11.1. The molecular weight excluding hydrogens is 154 g/mol. The third-order valence-electron chi connectivity index (χ3n) is 1.42. The maximum Gasteiger partial charge on any atom is 0.248 e. The topological polar surface area (TPSA) is 46.2 Å². The summed E-state index contributed by atoms with van der Waals surface area (Å²) in [6, 6.07) is 0. The average molecular weight is 163 g/mol. The Balaban J connectivity index is 2.69. The van der Waals surface area contributed by atoms with Gasteiger partial charge in [0.1, 0.15) is 0 Å². The van der Waals surface area contributed by atoms with Gasteiger partial charge in [0.15, 0.2) is 0 Å². The van der Waals surface area contributed by atoms with Crippen LogP contribution in [0.3, 0.4) is 0 Å². The highest BCUT2D eigenvalue weighted by Crippen LogP contribution is 2.01. The number of carbonyl (C=O) groups excluding carboxylic acids is 2. The Kier molecular flexibility index (Phi) is 2.58. The number of allylic oxidation sites excluding steroid dienone is 4. The maximum atomic E-state index is 11.1. The Morgan fingerprint density at radius 2 is 2.25 bits per heavy atom. The molecule has 12 heavy (non-hydrogen) atoms. The summed E-state index contributed by atoms with van der Waals surface area (Å²) in [7, 11) is 0. The van der Waals surface area contributed by atoms with Gasteiger partial charge in [-0.15, -0.1) is 6.58 Å². The van der Waals surface area contributed by atoms with Crippen molar-refractivity contribution in [3.8, 4) is 0 Å². The Morgan fingerprint density at radius 1 is 1.50 bits per heavy atom. The summed E-state index contributed by atoms with van der Waals surface area (Å²) in [6.07, 6.45) is 6.00. The Bertz CT molecular complexity index is 287. The smallest absolute Gasteiger partial charge is 0.248 e. The van der Waals surface area contributed by atoms with E-state index in [0.29, 0.717) is 12.2 Å². The fourth-order valence-electron chi connectivity index (χ4n) is 0.837. The molecule has 1 aliphatic carbocycles. The minimum absolute atomic E-state index is 0.336. The average Bonchev–Trinajstić information content (AvgIpc) is 2.08. The summed E-state index contributed by atoms with van der Waals surface area (Å²) in [6.45, 7) is 3.97. The van der Waals surface area contributed by atoms with Gasteiger partial charge in [-0.2, -0.15) is 0 Å². The number of hydrogen-bond acceptors (Lipinski definition) is 3. The second-order valence-corrected chi connectivity index (χ2v) is 2.30. The lowest BCUT2D eigenvalue weighted by atomic mass is 10.1. The summed E-state index contributed by atoms with van der Waals surface area (Å²) in [5, 5.41) is 2.77. The van der Waals surface area contributed by atoms with E-state index in [1.54, 1.807) is 18.2 Å². The van der Waals surface area contributed by atoms with Crippen molar-refractivity contribution in [3.63, 3.8) is 0 Å². The molecule has 0 aromatic carbocycles. The molecule has 3 heteroatoms. The Labute approximate surface area is 70.5 Å². The van der Waals surface area contributed by atoms with Crippen LogP contribution in [-0.4, -0.2) is 18.1 Å². The zero-order valence-electron chi connectivity index (χ0n) is 6.54. The lowest BCUT2D eigenvalue weighted by Gasteiger charge is -2.07. The van der Waals surface area contributed by atoms with Gasteiger partial charge in [-0.1, -0.05) is 12.2 Å². The number of rotatable bonds is 3. The van der Waals surface area contributed by atoms with E-state index in [0.717, 1.165) is 0 Å². The lowest BCUT2D eigenvalue weighted by molar-refractivity contribution is -0.131. The van der Waals surface area contributed by atoms with Crippen LogP contribution in [0.5, 0.6) is 0 Å². The van der Waals surface area contributed by atoms with E-state index in [9.17, 15) is 9.59 Å². The number of nitrogens with one attached hydrogen (secondary N) is 1. The molecular formula is C9H9NO2. The first kappa shape index (κ1) is 8.46. The normalized spacial score (nSPS) is 15.8. The van der Waals surface area contributed by atoms with Crippen molar-refractivity contribution in [2.24, 2.45) is 0 Å². The van der Waals surface area contributed by atoms with E-state index >= 15 is 0 Å². The van der Waals surface area contributed by atoms with E-state index in [-0.39, 0.29) is 0 Å². The highest BCUT2D eigenvalue weighted by molar-refractivity contribution is 6.48. The Hall–Kier alpha value is -1.64. The molecule has 1 N–H and O–H groups in total. The van der Waals surface area contributed by atoms with Crippen LogP contribution < -0.4 is 5.32 Å². The van der Waals surface area contributed by atoms with Crippen molar-refractivity contribution in [1.29, 1.82) is 0 Å². The fourth-order valence-corrected chi connectivity index (χ4v) is 0.837. The molecule has 0 atom stereocenters. The minimum atomic E-state index is -0.487. The Morgan fingerprint density at radius 3 is 2.92 bits per heavy atom. The fraction of sp³-hybridized carbons (Fsp3) is 0.111. The van der Waals surface area contributed by atoms with Crippen molar-refractivity contribution in [2.45, 2.75) is 0 Å². The van der Waals surface area contributed by atoms with Crippen LogP contribution in [0.15, 0.2) is 36.6 Å². The molecule has 0 fully saturated rings. The van der Waals surface area contributed by atoms with E-state index < -0.39 is 11.6 Å². The quantitative estimate of drug-likeness (QED) is 0.371. The number of ketones is 2. The molecule has 0 saturated heterocycles. The molecule has 0 unspecified atom stereocenters. The van der Waals surface area contributed by atoms with Crippen LogP contribution in [0.2, 0.25) is 0 Å². The zero-order valence-corrected chi connectivity index (χ0v) is 6.54. The van der Waals surface area contributed by atoms with Gasteiger partial charge in [0.2, 0.25) is 11.6 Å². The van der Waals surface area contributed by atoms with E-state index in [2.05, 4.69) is 11.9 Å². The predicted octanol–water partition coefficient (Wildman–Crippen LogP) is 0.354. The minimum Gasteiger partial charge on any atom is -0.378 e. The van der Waals surface area contributed by atoms with Crippen LogP contribution in [0.25, 0.3) is 0 Å². The molecule has 0 radical (unpaired) electrons. The highest BCUT2D eigenvalue weighted by atomic mass is 16.2. The van der Waals surface area contributed by atoms with Gasteiger partial charge in [0, 0.05) is 6.54 Å².